The highest BCUT2D eigenvalue weighted by Crippen LogP contribution is 2.25. The fourth-order valence-corrected chi connectivity index (χ4v) is 3.96. The van der Waals surface area contributed by atoms with Gasteiger partial charge >= 0.3 is 6.18 Å². The standard InChI is InChI=1S/C14H15F5N2O3S/c15-11-2-1-10(7-12(11)16)25(23,24)21-5-3-9(4-6-21)13(22)20-8-14(17,18)19/h1-2,7,9H,3-6,8H2,(H,20,22). The Morgan fingerprint density at radius 3 is 2.28 bits per heavy atom. The molecule has 0 atom stereocenters. The van der Waals surface area contributed by atoms with Gasteiger partial charge in [-0.25, -0.2) is 17.2 Å². The molecule has 0 radical (unpaired) electrons. The van der Waals surface area contributed by atoms with Gasteiger partial charge in [0.25, 0.3) is 0 Å². The molecule has 1 aromatic rings. The van der Waals surface area contributed by atoms with E-state index in [0.29, 0.717) is 12.1 Å². The molecule has 5 nitrogen and oxygen atoms in total. The number of nitrogens with one attached hydrogen (secondary N) is 1. The summed E-state index contributed by atoms with van der Waals surface area (Å²) in [6, 6.07) is 2.18. The molecule has 2 rings (SSSR count). The van der Waals surface area contributed by atoms with Gasteiger partial charge in [0.2, 0.25) is 15.9 Å². The first kappa shape index (κ1) is 19.6. The zero-order valence-electron chi connectivity index (χ0n) is 12.8. The highest BCUT2D eigenvalue weighted by molar-refractivity contribution is 7.89. The third-order valence-corrected chi connectivity index (χ3v) is 5.71. The SMILES string of the molecule is O=C(NCC(F)(F)F)C1CCN(S(=O)(=O)c2ccc(F)c(F)c2)CC1. The smallest absolute Gasteiger partial charge is 0.347 e. The van der Waals surface area contributed by atoms with Gasteiger partial charge in [-0.3, -0.25) is 4.79 Å². The van der Waals surface area contributed by atoms with Crippen LogP contribution in [0.4, 0.5) is 22.0 Å². The van der Waals surface area contributed by atoms with E-state index in [1.165, 1.54) is 0 Å². The van der Waals surface area contributed by atoms with Crippen LogP contribution in [-0.2, 0) is 14.8 Å². The Kier molecular flexibility index (Phi) is 5.67. The van der Waals surface area contributed by atoms with Crippen molar-refractivity contribution in [1.29, 1.82) is 0 Å². The Morgan fingerprint density at radius 2 is 1.76 bits per heavy atom. The summed E-state index contributed by atoms with van der Waals surface area (Å²) < 4.78 is 88.1. The topological polar surface area (TPSA) is 66.5 Å². The van der Waals surface area contributed by atoms with Crippen LogP contribution >= 0.6 is 0 Å². The van der Waals surface area contributed by atoms with Gasteiger partial charge < -0.3 is 5.32 Å². The maximum Gasteiger partial charge on any atom is 0.405 e. The molecule has 1 amide bonds. The van der Waals surface area contributed by atoms with Gasteiger partial charge in [0.1, 0.15) is 6.54 Å². The van der Waals surface area contributed by atoms with Gasteiger partial charge in [-0.1, -0.05) is 0 Å². The third kappa shape index (κ3) is 4.88. The highest BCUT2D eigenvalue weighted by Gasteiger charge is 2.34. The molecule has 1 fully saturated rings. The van der Waals surface area contributed by atoms with Crippen molar-refractivity contribution in [3.63, 3.8) is 0 Å². The summed E-state index contributed by atoms with van der Waals surface area (Å²) in [5, 5.41) is 1.77. The van der Waals surface area contributed by atoms with Crippen LogP contribution in [0.25, 0.3) is 0 Å². The molecule has 25 heavy (non-hydrogen) atoms. The van der Waals surface area contributed by atoms with Crippen LogP contribution < -0.4 is 5.32 Å². The van der Waals surface area contributed by atoms with Crippen LogP contribution in [0.2, 0.25) is 0 Å². The Bertz CT molecular complexity index is 743. The maximum atomic E-state index is 13.2. The lowest BCUT2D eigenvalue weighted by molar-refractivity contribution is -0.141. The van der Waals surface area contributed by atoms with E-state index in [4.69, 9.17) is 0 Å². The molecule has 1 aliphatic rings. The number of sulfonamides is 1. The van der Waals surface area contributed by atoms with Crippen molar-refractivity contribution in [3.05, 3.63) is 29.8 Å². The fraction of sp³-hybridized carbons (Fsp3) is 0.500. The average molecular weight is 386 g/mol. The second-order valence-corrected chi connectivity index (χ2v) is 7.53. The Morgan fingerprint density at radius 1 is 1.16 bits per heavy atom. The number of carbonyl (C=O) groups is 1. The van der Waals surface area contributed by atoms with Gasteiger partial charge in [-0.2, -0.15) is 17.5 Å². The van der Waals surface area contributed by atoms with Gasteiger partial charge in [0, 0.05) is 19.0 Å². The number of amides is 1. The van der Waals surface area contributed by atoms with E-state index in [0.717, 1.165) is 10.4 Å². The van der Waals surface area contributed by atoms with Crippen LogP contribution in [0, 0.1) is 17.6 Å². The highest BCUT2D eigenvalue weighted by atomic mass is 32.2. The Balaban J connectivity index is 1.99. The molecule has 1 saturated heterocycles. The number of benzene rings is 1. The molecule has 0 unspecified atom stereocenters. The van der Waals surface area contributed by atoms with Crippen molar-refractivity contribution < 1.29 is 35.2 Å². The zero-order valence-corrected chi connectivity index (χ0v) is 13.6. The molecule has 1 aliphatic heterocycles. The zero-order chi connectivity index (χ0) is 18.8. The van der Waals surface area contributed by atoms with Crippen molar-refractivity contribution in [2.75, 3.05) is 19.6 Å². The van der Waals surface area contributed by atoms with Gasteiger partial charge in [0.05, 0.1) is 4.90 Å². The molecule has 0 aromatic heterocycles. The predicted molar refractivity (Wildman–Crippen MR) is 76.9 cm³/mol. The van der Waals surface area contributed by atoms with Crippen molar-refractivity contribution in [1.82, 2.24) is 9.62 Å². The van der Waals surface area contributed by atoms with E-state index in [9.17, 15) is 35.2 Å². The van der Waals surface area contributed by atoms with Crippen LogP contribution in [0.1, 0.15) is 12.8 Å². The number of alkyl halides is 3. The Hall–Kier alpha value is -1.75. The summed E-state index contributed by atoms with van der Waals surface area (Å²) in [4.78, 5) is 11.3. The van der Waals surface area contributed by atoms with Gasteiger partial charge in [-0.05, 0) is 31.0 Å². The molecule has 1 heterocycles. The number of rotatable bonds is 4. The second-order valence-electron chi connectivity index (χ2n) is 5.59. The van der Waals surface area contributed by atoms with E-state index in [1.807, 2.05) is 0 Å². The van der Waals surface area contributed by atoms with E-state index in [2.05, 4.69) is 0 Å². The number of nitrogens with zero attached hydrogens (tertiary/aromatic N) is 1. The number of piperidine rings is 1. The van der Waals surface area contributed by atoms with Crippen LogP contribution in [0.3, 0.4) is 0 Å². The van der Waals surface area contributed by atoms with Gasteiger partial charge in [0.15, 0.2) is 11.6 Å². The molecule has 11 heteroatoms. The summed E-state index contributed by atoms with van der Waals surface area (Å²) in [6.45, 7) is -1.66. The quantitative estimate of drug-likeness (QED) is 0.806. The van der Waals surface area contributed by atoms with Crippen LogP contribution in [0.5, 0.6) is 0 Å². The maximum absolute atomic E-state index is 13.2. The molecule has 0 aliphatic carbocycles. The predicted octanol–water partition coefficient (Wildman–Crippen LogP) is 2.04. The third-order valence-electron chi connectivity index (χ3n) is 3.82. The minimum Gasteiger partial charge on any atom is -0.347 e. The second kappa shape index (κ2) is 7.24. The van der Waals surface area contributed by atoms with E-state index < -0.39 is 51.1 Å². The largest absolute Gasteiger partial charge is 0.405 e. The molecule has 0 spiro atoms. The number of hydrogen-bond acceptors (Lipinski definition) is 3. The lowest BCUT2D eigenvalue weighted by Crippen LogP contribution is -2.44. The molecule has 140 valence electrons. The normalized spacial score (nSPS) is 17.5. The van der Waals surface area contributed by atoms with Gasteiger partial charge in [-0.15, -0.1) is 0 Å². The van der Waals surface area contributed by atoms with Crippen molar-refractivity contribution in [2.45, 2.75) is 23.9 Å². The average Bonchev–Trinajstić information content (AvgIpc) is 2.54. The number of hydrogen-bond donors (Lipinski definition) is 1. The first-order chi connectivity index (χ1) is 11.5. The summed E-state index contributed by atoms with van der Waals surface area (Å²) >= 11 is 0. The molecule has 1 N–H and O–H groups in total. The van der Waals surface area contributed by atoms with Crippen LogP contribution in [0.15, 0.2) is 23.1 Å². The first-order valence-electron chi connectivity index (χ1n) is 7.30. The Labute approximate surface area is 140 Å². The van der Waals surface area contributed by atoms with E-state index in [-0.39, 0.29) is 25.9 Å². The van der Waals surface area contributed by atoms with Crippen molar-refractivity contribution >= 4 is 15.9 Å². The van der Waals surface area contributed by atoms with E-state index in [1.54, 1.807) is 5.32 Å². The summed E-state index contributed by atoms with van der Waals surface area (Å²) in [5.74, 6) is -4.01. The van der Waals surface area contributed by atoms with Crippen LogP contribution in [-0.4, -0.2) is 44.4 Å². The summed E-state index contributed by atoms with van der Waals surface area (Å²) in [7, 11) is -4.07. The summed E-state index contributed by atoms with van der Waals surface area (Å²) in [5.41, 5.74) is 0. The lowest BCUT2D eigenvalue weighted by atomic mass is 9.97. The molecular weight excluding hydrogens is 371 g/mol. The minimum absolute atomic E-state index is 0.0343. The number of carbonyl (C=O) groups excluding carboxylic acids is 1. The van der Waals surface area contributed by atoms with Crippen molar-refractivity contribution in [3.8, 4) is 0 Å². The first-order valence-corrected chi connectivity index (χ1v) is 8.74. The minimum atomic E-state index is -4.52. The van der Waals surface area contributed by atoms with E-state index >= 15 is 0 Å². The summed E-state index contributed by atoms with van der Waals surface area (Å²) in [6.07, 6.45) is -4.45. The number of halogens is 5. The molecule has 0 saturated carbocycles. The lowest BCUT2D eigenvalue weighted by Gasteiger charge is -2.30. The fourth-order valence-electron chi connectivity index (χ4n) is 2.48. The monoisotopic (exact) mass is 386 g/mol. The van der Waals surface area contributed by atoms with Crippen molar-refractivity contribution in [2.24, 2.45) is 5.92 Å². The molecule has 1 aromatic carbocycles. The molecular formula is C14H15F5N2O3S. The molecule has 0 bridgehead atoms.